The first-order valence-corrected chi connectivity index (χ1v) is 16.7. The van der Waals surface area contributed by atoms with Crippen LogP contribution >= 0.6 is 11.3 Å². The minimum absolute atomic E-state index is 0.0177. The highest BCUT2D eigenvalue weighted by molar-refractivity contribution is 7.89. The standard InChI is InChI=1S/C31H41N3O8S2/c1-20(2)15-34(44(37,38)25-11-12-28-29(14-25)41-19-40-28)16-27(35)26(33-30(36)42-31(4,5)6)13-22-7-9-24(10-8-22)39-17-23-18-43-21(3)32-23/h7-12,14,18,20,26-27,35H,13,15-17,19H2,1-6H3,(H,33,36). The Labute approximate surface area is 263 Å². The van der Waals surface area contributed by atoms with Crippen molar-refractivity contribution in [1.82, 2.24) is 14.6 Å². The van der Waals surface area contributed by atoms with Gasteiger partial charge in [0.25, 0.3) is 0 Å². The number of sulfonamides is 1. The Morgan fingerprint density at radius 1 is 1.11 bits per heavy atom. The van der Waals surface area contributed by atoms with Crippen LogP contribution in [-0.2, 0) is 27.8 Å². The van der Waals surface area contributed by atoms with Crippen LogP contribution in [0.15, 0.2) is 52.7 Å². The van der Waals surface area contributed by atoms with Gasteiger partial charge in [-0.2, -0.15) is 4.31 Å². The Kier molecular flexibility index (Phi) is 10.8. The van der Waals surface area contributed by atoms with Gasteiger partial charge in [-0.15, -0.1) is 11.3 Å². The van der Waals surface area contributed by atoms with Crippen molar-refractivity contribution in [2.24, 2.45) is 5.92 Å². The maximum atomic E-state index is 13.8. The zero-order chi connectivity index (χ0) is 32.1. The van der Waals surface area contributed by atoms with Gasteiger partial charge in [0.2, 0.25) is 16.8 Å². The molecule has 0 saturated carbocycles. The fourth-order valence-corrected chi connectivity index (χ4v) is 6.78. The molecule has 13 heteroatoms. The molecule has 0 aliphatic carbocycles. The average molecular weight is 648 g/mol. The zero-order valence-electron chi connectivity index (χ0n) is 25.9. The number of amides is 1. The van der Waals surface area contributed by atoms with Crippen molar-refractivity contribution in [3.05, 3.63) is 64.1 Å². The highest BCUT2D eigenvalue weighted by atomic mass is 32.2. The van der Waals surface area contributed by atoms with Gasteiger partial charge in [-0.25, -0.2) is 18.2 Å². The predicted molar refractivity (Wildman–Crippen MR) is 167 cm³/mol. The number of hydrogen-bond donors (Lipinski definition) is 2. The second-order valence-corrected chi connectivity index (χ2v) is 15.0. The summed E-state index contributed by atoms with van der Waals surface area (Å²) in [6, 6.07) is 10.9. The molecule has 1 aliphatic rings. The van der Waals surface area contributed by atoms with Crippen molar-refractivity contribution in [3.8, 4) is 17.2 Å². The number of nitrogens with zero attached hydrogens (tertiary/aromatic N) is 2. The zero-order valence-corrected chi connectivity index (χ0v) is 27.5. The Balaban J connectivity index is 1.52. The Morgan fingerprint density at radius 2 is 1.82 bits per heavy atom. The maximum absolute atomic E-state index is 13.8. The number of aliphatic hydroxyl groups is 1. The van der Waals surface area contributed by atoms with Crippen LogP contribution in [0.5, 0.6) is 17.2 Å². The number of ether oxygens (including phenoxy) is 4. The first-order chi connectivity index (χ1) is 20.7. The number of aliphatic hydroxyl groups excluding tert-OH is 1. The number of rotatable bonds is 13. The van der Waals surface area contributed by atoms with E-state index in [9.17, 15) is 18.3 Å². The molecule has 1 aliphatic heterocycles. The van der Waals surface area contributed by atoms with E-state index < -0.39 is 33.9 Å². The molecular formula is C31H41N3O8S2. The molecule has 0 radical (unpaired) electrons. The molecule has 44 heavy (non-hydrogen) atoms. The molecule has 2 heterocycles. The molecule has 4 rings (SSSR count). The number of nitrogens with one attached hydrogen (secondary N) is 1. The molecule has 1 amide bonds. The predicted octanol–water partition coefficient (Wildman–Crippen LogP) is 4.90. The largest absolute Gasteiger partial charge is 0.487 e. The lowest BCUT2D eigenvalue weighted by Crippen LogP contribution is -2.51. The third-order valence-electron chi connectivity index (χ3n) is 6.54. The molecule has 1 aromatic heterocycles. The number of hydrogen-bond acceptors (Lipinski definition) is 10. The first kappa shape index (κ1) is 33.5. The highest BCUT2D eigenvalue weighted by Gasteiger charge is 2.33. The van der Waals surface area contributed by atoms with E-state index in [0.717, 1.165) is 16.3 Å². The molecule has 240 valence electrons. The van der Waals surface area contributed by atoms with E-state index in [-0.39, 0.29) is 37.1 Å². The maximum Gasteiger partial charge on any atom is 0.407 e. The van der Waals surface area contributed by atoms with Crippen molar-refractivity contribution in [1.29, 1.82) is 0 Å². The Hall–Kier alpha value is -3.39. The lowest BCUT2D eigenvalue weighted by atomic mass is 10.0. The third-order valence-corrected chi connectivity index (χ3v) is 9.19. The van der Waals surface area contributed by atoms with Crippen LogP contribution in [0.1, 0.15) is 50.9 Å². The third kappa shape index (κ3) is 9.31. The van der Waals surface area contributed by atoms with Gasteiger partial charge in [0, 0.05) is 24.5 Å². The van der Waals surface area contributed by atoms with Gasteiger partial charge in [-0.1, -0.05) is 26.0 Å². The van der Waals surface area contributed by atoms with Crippen LogP contribution in [0.4, 0.5) is 4.79 Å². The molecule has 0 fully saturated rings. The lowest BCUT2D eigenvalue weighted by Gasteiger charge is -2.31. The molecule has 11 nitrogen and oxygen atoms in total. The number of aryl methyl sites for hydroxylation is 1. The SMILES string of the molecule is Cc1nc(COc2ccc(CC(NC(=O)OC(C)(C)C)C(O)CN(CC(C)C)S(=O)(=O)c3ccc4c(c3)OCO4)cc2)cs1. The minimum atomic E-state index is -4.04. The van der Waals surface area contributed by atoms with Crippen LogP contribution in [-0.4, -0.2) is 66.5 Å². The molecule has 0 saturated heterocycles. The van der Waals surface area contributed by atoms with Gasteiger partial charge in [-0.05, 0) is 69.9 Å². The van der Waals surface area contributed by atoms with E-state index in [1.54, 1.807) is 50.3 Å². The van der Waals surface area contributed by atoms with E-state index in [1.807, 2.05) is 38.3 Å². The second-order valence-electron chi connectivity index (χ2n) is 12.0. The van der Waals surface area contributed by atoms with Crippen molar-refractivity contribution >= 4 is 27.5 Å². The number of carbonyl (C=O) groups is 1. The van der Waals surface area contributed by atoms with Crippen LogP contribution in [0.25, 0.3) is 0 Å². The first-order valence-electron chi connectivity index (χ1n) is 14.4. The molecule has 2 N–H and O–H groups in total. The van der Waals surface area contributed by atoms with E-state index in [4.69, 9.17) is 18.9 Å². The fraction of sp³-hybridized carbons (Fsp3) is 0.484. The van der Waals surface area contributed by atoms with Crippen LogP contribution in [0, 0.1) is 12.8 Å². The van der Waals surface area contributed by atoms with E-state index in [0.29, 0.717) is 23.9 Å². The molecule has 2 atom stereocenters. The molecular weight excluding hydrogens is 606 g/mol. The summed E-state index contributed by atoms with van der Waals surface area (Å²) in [5.74, 6) is 1.42. The van der Waals surface area contributed by atoms with Gasteiger partial charge in [-0.3, -0.25) is 0 Å². The van der Waals surface area contributed by atoms with Gasteiger partial charge in [0.15, 0.2) is 11.5 Å². The topological polar surface area (TPSA) is 137 Å². The number of alkyl carbamates (subject to hydrolysis) is 1. The highest BCUT2D eigenvalue weighted by Crippen LogP contribution is 2.35. The molecule has 2 unspecified atom stereocenters. The van der Waals surface area contributed by atoms with Crippen molar-refractivity contribution in [3.63, 3.8) is 0 Å². The van der Waals surface area contributed by atoms with Crippen molar-refractivity contribution in [2.75, 3.05) is 19.9 Å². The molecule has 2 aromatic carbocycles. The second kappa shape index (κ2) is 14.1. The number of thiazole rings is 1. The Morgan fingerprint density at radius 3 is 2.45 bits per heavy atom. The van der Waals surface area contributed by atoms with E-state index in [2.05, 4.69) is 10.3 Å². The quantitative estimate of drug-likeness (QED) is 0.265. The number of fused-ring (bicyclic) bond motifs is 1. The monoisotopic (exact) mass is 647 g/mol. The van der Waals surface area contributed by atoms with Crippen LogP contribution in [0.3, 0.4) is 0 Å². The summed E-state index contributed by atoms with van der Waals surface area (Å²) in [5.41, 5.74) is 0.889. The van der Waals surface area contributed by atoms with Crippen LogP contribution < -0.4 is 19.5 Å². The minimum Gasteiger partial charge on any atom is -0.487 e. The van der Waals surface area contributed by atoms with Crippen molar-refractivity contribution in [2.45, 2.75) is 77.2 Å². The number of carbonyl (C=O) groups excluding carboxylic acids is 1. The van der Waals surface area contributed by atoms with Gasteiger partial charge in [0.1, 0.15) is 18.0 Å². The summed E-state index contributed by atoms with van der Waals surface area (Å²) < 4.78 is 50.8. The van der Waals surface area contributed by atoms with Gasteiger partial charge >= 0.3 is 6.09 Å². The smallest absolute Gasteiger partial charge is 0.407 e. The van der Waals surface area contributed by atoms with Crippen LogP contribution in [0.2, 0.25) is 0 Å². The van der Waals surface area contributed by atoms with E-state index in [1.165, 1.54) is 16.4 Å². The van der Waals surface area contributed by atoms with Crippen molar-refractivity contribution < 1.29 is 37.3 Å². The van der Waals surface area contributed by atoms with Gasteiger partial charge < -0.3 is 29.4 Å². The Bertz CT molecular complexity index is 1520. The summed E-state index contributed by atoms with van der Waals surface area (Å²) in [7, 11) is -4.04. The lowest BCUT2D eigenvalue weighted by molar-refractivity contribution is 0.0400. The van der Waals surface area contributed by atoms with E-state index >= 15 is 0 Å². The molecule has 0 bridgehead atoms. The average Bonchev–Trinajstić information content (AvgIpc) is 3.58. The number of benzene rings is 2. The van der Waals surface area contributed by atoms with Gasteiger partial charge in [0.05, 0.1) is 27.7 Å². The number of aromatic nitrogens is 1. The molecule has 3 aromatic rings. The summed E-state index contributed by atoms with van der Waals surface area (Å²) >= 11 is 1.56. The fourth-order valence-electron chi connectivity index (χ4n) is 4.55. The summed E-state index contributed by atoms with van der Waals surface area (Å²) in [5, 5.41) is 17.2. The summed E-state index contributed by atoms with van der Waals surface area (Å²) in [4.78, 5) is 17.2. The summed E-state index contributed by atoms with van der Waals surface area (Å²) in [6.45, 7) is 11.2. The molecule has 0 spiro atoms. The summed E-state index contributed by atoms with van der Waals surface area (Å²) in [6.07, 6.45) is -1.77. The normalized spacial score (nSPS) is 14.5.